The first-order chi connectivity index (χ1) is 10.2. The van der Waals surface area contributed by atoms with E-state index in [0.717, 1.165) is 19.0 Å². The standard InChI is InChI=1S/C17H32N2O2/c1-3-7-15-8-5-6-12-19(15)13-11-16(17(20)21-4-2)18-14-9-10-14/h14-16,18H,3-13H2,1-2H3. The molecule has 1 saturated heterocycles. The lowest BCUT2D eigenvalue weighted by molar-refractivity contribution is -0.146. The molecule has 122 valence electrons. The van der Waals surface area contributed by atoms with Gasteiger partial charge in [-0.3, -0.25) is 4.79 Å². The van der Waals surface area contributed by atoms with Gasteiger partial charge in [0.2, 0.25) is 0 Å². The lowest BCUT2D eigenvalue weighted by Gasteiger charge is -2.36. The Balaban J connectivity index is 1.82. The van der Waals surface area contributed by atoms with Gasteiger partial charge in [0.15, 0.2) is 0 Å². The predicted octanol–water partition coefficient (Wildman–Crippen LogP) is 2.71. The molecule has 0 bridgehead atoms. The van der Waals surface area contributed by atoms with Crippen LogP contribution in [-0.2, 0) is 9.53 Å². The maximum Gasteiger partial charge on any atom is 0.323 e. The van der Waals surface area contributed by atoms with Crippen LogP contribution in [0.5, 0.6) is 0 Å². The van der Waals surface area contributed by atoms with Gasteiger partial charge in [-0.15, -0.1) is 0 Å². The molecular weight excluding hydrogens is 264 g/mol. The minimum atomic E-state index is -0.110. The van der Waals surface area contributed by atoms with Gasteiger partial charge in [-0.1, -0.05) is 19.8 Å². The van der Waals surface area contributed by atoms with Gasteiger partial charge in [-0.25, -0.2) is 0 Å². The van der Waals surface area contributed by atoms with Crippen LogP contribution >= 0.6 is 0 Å². The molecule has 0 aromatic rings. The summed E-state index contributed by atoms with van der Waals surface area (Å²) in [5.74, 6) is -0.0616. The van der Waals surface area contributed by atoms with E-state index < -0.39 is 0 Å². The lowest BCUT2D eigenvalue weighted by atomic mass is 9.97. The van der Waals surface area contributed by atoms with Gasteiger partial charge in [0.05, 0.1) is 6.61 Å². The van der Waals surface area contributed by atoms with E-state index in [9.17, 15) is 4.79 Å². The molecule has 4 heteroatoms. The molecule has 4 nitrogen and oxygen atoms in total. The SMILES string of the molecule is CCCC1CCCCN1CCC(NC1CC1)C(=O)OCC. The minimum Gasteiger partial charge on any atom is -0.465 e. The third kappa shape index (κ3) is 5.59. The number of carbonyl (C=O) groups excluding carboxylic acids is 1. The van der Waals surface area contributed by atoms with E-state index in [1.807, 2.05) is 6.92 Å². The molecule has 0 aromatic carbocycles. The van der Waals surface area contributed by atoms with Gasteiger partial charge in [-0.2, -0.15) is 0 Å². The summed E-state index contributed by atoms with van der Waals surface area (Å²) in [5, 5.41) is 3.46. The van der Waals surface area contributed by atoms with E-state index in [4.69, 9.17) is 4.74 Å². The van der Waals surface area contributed by atoms with E-state index in [2.05, 4.69) is 17.1 Å². The van der Waals surface area contributed by atoms with Crippen molar-refractivity contribution in [2.24, 2.45) is 0 Å². The quantitative estimate of drug-likeness (QED) is 0.664. The van der Waals surface area contributed by atoms with Crippen LogP contribution in [0, 0.1) is 0 Å². The Labute approximate surface area is 129 Å². The predicted molar refractivity (Wildman–Crippen MR) is 85.3 cm³/mol. The first kappa shape index (κ1) is 16.8. The van der Waals surface area contributed by atoms with Crippen molar-refractivity contribution < 1.29 is 9.53 Å². The van der Waals surface area contributed by atoms with E-state index in [0.29, 0.717) is 12.6 Å². The number of likely N-dealkylation sites (tertiary alicyclic amines) is 1. The van der Waals surface area contributed by atoms with Gasteiger partial charge < -0.3 is 15.0 Å². The van der Waals surface area contributed by atoms with Gasteiger partial charge in [0.25, 0.3) is 0 Å². The van der Waals surface area contributed by atoms with Crippen LogP contribution in [0.1, 0.15) is 65.2 Å². The number of piperidine rings is 1. The maximum atomic E-state index is 12.1. The fourth-order valence-electron chi connectivity index (χ4n) is 3.36. The van der Waals surface area contributed by atoms with Crippen LogP contribution < -0.4 is 5.32 Å². The van der Waals surface area contributed by atoms with Gasteiger partial charge in [0, 0.05) is 18.6 Å². The average molecular weight is 296 g/mol. The van der Waals surface area contributed by atoms with E-state index in [-0.39, 0.29) is 12.0 Å². The fourth-order valence-corrected chi connectivity index (χ4v) is 3.36. The van der Waals surface area contributed by atoms with Gasteiger partial charge >= 0.3 is 5.97 Å². The molecule has 0 amide bonds. The summed E-state index contributed by atoms with van der Waals surface area (Å²) in [6, 6.07) is 1.17. The van der Waals surface area contributed by atoms with Crippen molar-refractivity contribution in [2.45, 2.75) is 83.3 Å². The highest BCUT2D eigenvalue weighted by atomic mass is 16.5. The second-order valence-electron chi connectivity index (χ2n) is 6.51. The zero-order valence-electron chi connectivity index (χ0n) is 13.8. The van der Waals surface area contributed by atoms with Crippen LogP contribution in [0.25, 0.3) is 0 Å². The Morgan fingerprint density at radius 2 is 2.10 bits per heavy atom. The molecule has 1 N–H and O–H groups in total. The number of carbonyl (C=O) groups is 1. The number of nitrogens with one attached hydrogen (secondary N) is 1. The fraction of sp³-hybridized carbons (Fsp3) is 0.941. The van der Waals surface area contributed by atoms with E-state index in [1.165, 1.54) is 51.5 Å². The monoisotopic (exact) mass is 296 g/mol. The molecule has 2 atom stereocenters. The highest BCUT2D eigenvalue weighted by molar-refractivity contribution is 5.75. The smallest absolute Gasteiger partial charge is 0.323 e. The molecule has 0 radical (unpaired) electrons. The van der Waals surface area contributed by atoms with Crippen LogP contribution in [0.3, 0.4) is 0 Å². The highest BCUT2D eigenvalue weighted by Crippen LogP contribution is 2.23. The molecule has 1 aliphatic heterocycles. The van der Waals surface area contributed by atoms with Crippen LogP contribution in [0.2, 0.25) is 0 Å². The van der Waals surface area contributed by atoms with Crippen molar-refractivity contribution in [3.8, 4) is 0 Å². The van der Waals surface area contributed by atoms with E-state index in [1.54, 1.807) is 0 Å². The first-order valence-electron chi connectivity index (χ1n) is 8.91. The topological polar surface area (TPSA) is 41.6 Å². The van der Waals surface area contributed by atoms with Crippen molar-refractivity contribution in [1.82, 2.24) is 10.2 Å². The second kappa shape index (κ2) is 8.74. The molecule has 1 aliphatic carbocycles. The zero-order valence-corrected chi connectivity index (χ0v) is 13.8. The Morgan fingerprint density at radius 3 is 2.76 bits per heavy atom. The van der Waals surface area contributed by atoms with Crippen molar-refractivity contribution in [2.75, 3.05) is 19.7 Å². The zero-order chi connectivity index (χ0) is 15.1. The summed E-state index contributed by atoms with van der Waals surface area (Å²) in [6.07, 6.45) is 9.84. The number of hydrogen-bond donors (Lipinski definition) is 1. The second-order valence-corrected chi connectivity index (χ2v) is 6.51. The number of esters is 1. The van der Waals surface area contributed by atoms with Crippen LogP contribution in [0.4, 0.5) is 0 Å². The van der Waals surface area contributed by atoms with Gasteiger partial charge in [-0.05, 0) is 52.0 Å². The summed E-state index contributed by atoms with van der Waals surface area (Å²) in [4.78, 5) is 14.7. The van der Waals surface area contributed by atoms with Crippen molar-refractivity contribution in [1.29, 1.82) is 0 Å². The Morgan fingerprint density at radius 1 is 1.29 bits per heavy atom. The van der Waals surface area contributed by atoms with Crippen LogP contribution in [-0.4, -0.2) is 48.7 Å². The Hall–Kier alpha value is -0.610. The number of nitrogens with zero attached hydrogens (tertiary/aromatic N) is 1. The lowest BCUT2D eigenvalue weighted by Crippen LogP contribution is -2.45. The Bertz CT molecular complexity index is 316. The van der Waals surface area contributed by atoms with E-state index >= 15 is 0 Å². The number of rotatable bonds is 9. The van der Waals surface area contributed by atoms with Crippen LogP contribution in [0.15, 0.2) is 0 Å². The first-order valence-corrected chi connectivity index (χ1v) is 8.91. The summed E-state index contributed by atoms with van der Waals surface area (Å²) in [6.45, 7) is 6.85. The third-order valence-electron chi connectivity index (χ3n) is 4.66. The highest BCUT2D eigenvalue weighted by Gasteiger charge is 2.30. The number of ether oxygens (including phenoxy) is 1. The van der Waals surface area contributed by atoms with Crippen molar-refractivity contribution >= 4 is 5.97 Å². The molecule has 0 aromatic heterocycles. The molecule has 2 rings (SSSR count). The molecule has 21 heavy (non-hydrogen) atoms. The molecule has 1 heterocycles. The molecule has 0 spiro atoms. The number of hydrogen-bond acceptors (Lipinski definition) is 4. The minimum absolute atomic E-state index is 0.0616. The van der Waals surface area contributed by atoms with Crippen molar-refractivity contribution in [3.05, 3.63) is 0 Å². The third-order valence-corrected chi connectivity index (χ3v) is 4.66. The summed E-state index contributed by atoms with van der Waals surface area (Å²) in [7, 11) is 0. The van der Waals surface area contributed by atoms with Gasteiger partial charge in [0.1, 0.15) is 6.04 Å². The summed E-state index contributed by atoms with van der Waals surface area (Å²) < 4.78 is 5.23. The van der Waals surface area contributed by atoms with Crippen molar-refractivity contribution in [3.63, 3.8) is 0 Å². The molecule has 2 unspecified atom stereocenters. The maximum absolute atomic E-state index is 12.1. The molecule has 1 saturated carbocycles. The molecule has 2 fully saturated rings. The largest absolute Gasteiger partial charge is 0.465 e. The summed E-state index contributed by atoms with van der Waals surface area (Å²) >= 11 is 0. The Kier molecular flexibility index (Phi) is 6.97. The summed E-state index contributed by atoms with van der Waals surface area (Å²) in [5.41, 5.74) is 0. The average Bonchev–Trinajstić information content (AvgIpc) is 3.29. The molecular formula is C17H32N2O2. The normalized spacial score (nSPS) is 24.8. The molecule has 2 aliphatic rings.